The fraction of sp³-hybridized carbons (Fsp3) is 0.125. The van der Waals surface area contributed by atoms with Gasteiger partial charge in [0.15, 0.2) is 0 Å². The Bertz CT molecular complexity index is 260. The van der Waals surface area contributed by atoms with Gasteiger partial charge in [-0.3, -0.25) is 4.98 Å². The van der Waals surface area contributed by atoms with Gasteiger partial charge in [0.25, 0.3) is 0 Å². The molecule has 0 aromatic carbocycles. The van der Waals surface area contributed by atoms with Crippen LogP contribution in [0.5, 0.6) is 0 Å². The maximum atomic E-state index is 4.03. The molecular formula is C8H10N3Na. The Morgan fingerprint density at radius 3 is 3.00 bits per heavy atom. The molecule has 0 aliphatic carbocycles. The molecule has 1 aromatic heterocycles. The van der Waals surface area contributed by atoms with E-state index in [-0.39, 0.29) is 29.6 Å². The first-order chi connectivity index (χ1) is 5.47. The zero-order valence-corrected chi connectivity index (χ0v) is 6.07. The molecule has 0 atom stereocenters. The monoisotopic (exact) mass is 171 g/mol. The minimum absolute atomic E-state index is 0. The molecule has 2 heterocycles. The molecule has 0 amide bonds. The maximum absolute atomic E-state index is 4.03. The standard InChI is InChI=1S/C8H9N3.Na.H/c1-2-8(6-9-3-1)11-5-4-10-7-11;;/h1-6,10H,7H2;;. The first-order valence-electron chi connectivity index (χ1n) is 3.53. The Morgan fingerprint density at radius 1 is 1.50 bits per heavy atom. The number of hydrogen-bond donors (Lipinski definition) is 1. The van der Waals surface area contributed by atoms with Crippen LogP contribution in [0.3, 0.4) is 0 Å². The summed E-state index contributed by atoms with van der Waals surface area (Å²) in [7, 11) is 0. The van der Waals surface area contributed by atoms with Gasteiger partial charge in [0.2, 0.25) is 0 Å². The van der Waals surface area contributed by atoms with Gasteiger partial charge < -0.3 is 10.2 Å². The summed E-state index contributed by atoms with van der Waals surface area (Å²) in [5, 5.41) is 3.09. The van der Waals surface area contributed by atoms with E-state index in [9.17, 15) is 0 Å². The van der Waals surface area contributed by atoms with E-state index in [0.29, 0.717) is 0 Å². The normalized spacial score (nSPS) is 13.8. The summed E-state index contributed by atoms with van der Waals surface area (Å²) in [6, 6.07) is 3.96. The number of nitrogens with zero attached hydrogens (tertiary/aromatic N) is 2. The molecule has 0 saturated heterocycles. The summed E-state index contributed by atoms with van der Waals surface area (Å²) in [6.45, 7) is 0.839. The molecule has 1 N–H and O–H groups in total. The molecule has 0 saturated carbocycles. The number of rotatable bonds is 1. The van der Waals surface area contributed by atoms with Crippen LogP contribution in [0.25, 0.3) is 0 Å². The number of aromatic nitrogens is 1. The Balaban J connectivity index is 0.000000720. The third-order valence-electron chi connectivity index (χ3n) is 1.61. The van der Waals surface area contributed by atoms with E-state index in [4.69, 9.17) is 0 Å². The van der Waals surface area contributed by atoms with E-state index < -0.39 is 0 Å². The van der Waals surface area contributed by atoms with Gasteiger partial charge in [0, 0.05) is 18.6 Å². The quantitative estimate of drug-likeness (QED) is 0.615. The van der Waals surface area contributed by atoms with Crippen molar-refractivity contribution in [1.82, 2.24) is 10.3 Å². The molecule has 2 rings (SSSR count). The number of pyridine rings is 1. The average Bonchev–Trinajstić information content (AvgIpc) is 2.58. The molecular weight excluding hydrogens is 161 g/mol. The molecule has 58 valence electrons. The van der Waals surface area contributed by atoms with E-state index in [1.807, 2.05) is 30.7 Å². The van der Waals surface area contributed by atoms with Crippen molar-refractivity contribution in [2.75, 3.05) is 11.6 Å². The number of hydrogen-bond acceptors (Lipinski definition) is 3. The molecule has 4 heteroatoms. The Morgan fingerprint density at radius 2 is 2.42 bits per heavy atom. The molecule has 1 aliphatic heterocycles. The van der Waals surface area contributed by atoms with Crippen LogP contribution in [0.15, 0.2) is 36.9 Å². The van der Waals surface area contributed by atoms with Crippen molar-refractivity contribution in [3.05, 3.63) is 36.9 Å². The first-order valence-corrected chi connectivity index (χ1v) is 3.53. The predicted molar refractivity (Wildman–Crippen MR) is 51.0 cm³/mol. The van der Waals surface area contributed by atoms with E-state index in [0.717, 1.165) is 12.4 Å². The zero-order valence-electron chi connectivity index (χ0n) is 6.07. The number of nitrogens with one attached hydrogen (secondary N) is 1. The van der Waals surface area contributed by atoms with Crippen LogP contribution in [0.1, 0.15) is 0 Å². The molecule has 1 aromatic rings. The van der Waals surface area contributed by atoms with Gasteiger partial charge in [0.1, 0.15) is 0 Å². The van der Waals surface area contributed by atoms with Crippen molar-refractivity contribution >= 4 is 35.2 Å². The van der Waals surface area contributed by atoms with Crippen molar-refractivity contribution in [1.29, 1.82) is 0 Å². The van der Waals surface area contributed by atoms with Gasteiger partial charge >= 0.3 is 29.6 Å². The van der Waals surface area contributed by atoms with Gasteiger partial charge in [-0.2, -0.15) is 0 Å². The van der Waals surface area contributed by atoms with E-state index >= 15 is 0 Å². The number of anilines is 1. The first kappa shape index (κ1) is 9.58. The summed E-state index contributed by atoms with van der Waals surface area (Å²) < 4.78 is 0. The van der Waals surface area contributed by atoms with Gasteiger partial charge in [-0.15, -0.1) is 0 Å². The summed E-state index contributed by atoms with van der Waals surface area (Å²) >= 11 is 0. The fourth-order valence-electron chi connectivity index (χ4n) is 1.05. The van der Waals surface area contributed by atoms with Crippen LogP contribution >= 0.6 is 0 Å². The Hall–Kier alpha value is -0.510. The van der Waals surface area contributed by atoms with Crippen LogP contribution in [0.4, 0.5) is 5.69 Å². The SMILES string of the molecule is C1=CN(c2cccnc2)CN1.[NaH]. The van der Waals surface area contributed by atoms with Crippen LogP contribution < -0.4 is 10.2 Å². The third kappa shape index (κ3) is 2.00. The molecule has 3 nitrogen and oxygen atoms in total. The summed E-state index contributed by atoms with van der Waals surface area (Å²) in [4.78, 5) is 6.12. The van der Waals surface area contributed by atoms with Crippen molar-refractivity contribution in [3.8, 4) is 0 Å². The van der Waals surface area contributed by atoms with Crippen LogP contribution in [0, 0.1) is 0 Å². The van der Waals surface area contributed by atoms with Crippen molar-refractivity contribution in [3.63, 3.8) is 0 Å². The van der Waals surface area contributed by atoms with Crippen LogP contribution in [-0.2, 0) is 0 Å². The summed E-state index contributed by atoms with van der Waals surface area (Å²) in [5.74, 6) is 0. The van der Waals surface area contributed by atoms with Gasteiger partial charge in [-0.25, -0.2) is 0 Å². The molecule has 0 fully saturated rings. The molecule has 0 unspecified atom stereocenters. The van der Waals surface area contributed by atoms with E-state index in [1.54, 1.807) is 6.20 Å². The zero-order chi connectivity index (χ0) is 7.52. The van der Waals surface area contributed by atoms with E-state index in [1.165, 1.54) is 0 Å². The molecule has 0 spiro atoms. The average molecular weight is 171 g/mol. The van der Waals surface area contributed by atoms with Gasteiger partial charge in [0.05, 0.1) is 18.6 Å². The fourth-order valence-corrected chi connectivity index (χ4v) is 1.05. The molecule has 0 radical (unpaired) electrons. The molecule has 12 heavy (non-hydrogen) atoms. The molecule has 1 aliphatic rings. The Kier molecular flexibility index (Phi) is 3.59. The second-order valence-electron chi connectivity index (χ2n) is 2.36. The topological polar surface area (TPSA) is 28.2 Å². The van der Waals surface area contributed by atoms with Crippen molar-refractivity contribution in [2.24, 2.45) is 0 Å². The second-order valence-corrected chi connectivity index (χ2v) is 2.36. The minimum atomic E-state index is 0. The van der Waals surface area contributed by atoms with Crippen molar-refractivity contribution < 1.29 is 0 Å². The van der Waals surface area contributed by atoms with Gasteiger partial charge in [-0.1, -0.05) is 0 Å². The van der Waals surface area contributed by atoms with Crippen LogP contribution in [0.2, 0.25) is 0 Å². The van der Waals surface area contributed by atoms with E-state index in [2.05, 4.69) is 15.2 Å². The van der Waals surface area contributed by atoms with Gasteiger partial charge in [-0.05, 0) is 12.1 Å². The third-order valence-corrected chi connectivity index (χ3v) is 1.61. The van der Waals surface area contributed by atoms with Crippen molar-refractivity contribution in [2.45, 2.75) is 0 Å². The predicted octanol–water partition coefficient (Wildman–Crippen LogP) is 0.271. The Labute approximate surface area is 93.8 Å². The summed E-state index contributed by atoms with van der Waals surface area (Å²) in [5.41, 5.74) is 1.12. The molecule has 0 bridgehead atoms. The van der Waals surface area contributed by atoms with Crippen LogP contribution in [-0.4, -0.2) is 41.2 Å². The second kappa shape index (κ2) is 4.50. The summed E-state index contributed by atoms with van der Waals surface area (Å²) in [6.07, 6.45) is 7.54.